The highest BCUT2D eigenvalue weighted by molar-refractivity contribution is 7.89. The molecule has 0 spiro atoms. The maximum atomic E-state index is 12.2. The summed E-state index contributed by atoms with van der Waals surface area (Å²) in [7, 11) is -3.12. The molecule has 1 heterocycles. The van der Waals surface area contributed by atoms with E-state index in [1.54, 1.807) is 0 Å². The molecule has 6 heteroatoms. The Bertz CT molecular complexity index is 438. The van der Waals surface area contributed by atoms with E-state index in [1.807, 2.05) is 6.92 Å². The largest absolute Gasteiger partial charge is 0.355 e. The van der Waals surface area contributed by atoms with Crippen molar-refractivity contribution in [1.29, 1.82) is 0 Å². The molecule has 1 aliphatic rings. The third kappa shape index (κ3) is 5.58. The molecule has 1 N–H and O–H groups in total. The molecule has 0 saturated carbocycles. The highest BCUT2D eigenvalue weighted by atomic mass is 32.2. The van der Waals surface area contributed by atoms with E-state index in [0.29, 0.717) is 38.9 Å². The average molecular weight is 318 g/mol. The maximum absolute atomic E-state index is 12.2. The zero-order valence-corrected chi connectivity index (χ0v) is 14.6. The second kappa shape index (κ2) is 7.58. The summed E-state index contributed by atoms with van der Waals surface area (Å²) in [5, 5.41) is 3.02. The van der Waals surface area contributed by atoms with Crippen molar-refractivity contribution in [3.8, 4) is 0 Å². The molecule has 0 aromatic heterocycles. The van der Waals surface area contributed by atoms with Crippen LogP contribution in [0.2, 0.25) is 0 Å². The van der Waals surface area contributed by atoms with Crippen LogP contribution < -0.4 is 5.32 Å². The number of nitrogens with one attached hydrogen (secondary N) is 1. The lowest BCUT2D eigenvalue weighted by Crippen LogP contribution is -2.45. The number of carbonyl (C=O) groups excluding carboxylic acids is 1. The van der Waals surface area contributed by atoms with Gasteiger partial charge in [0, 0.05) is 25.6 Å². The molecule has 1 rings (SSSR count). The first kappa shape index (κ1) is 18.4. The highest BCUT2D eigenvalue weighted by Crippen LogP contribution is 2.22. The van der Waals surface area contributed by atoms with Crippen molar-refractivity contribution in [3.63, 3.8) is 0 Å². The van der Waals surface area contributed by atoms with E-state index < -0.39 is 10.0 Å². The smallest absolute Gasteiger partial charge is 0.223 e. The Morgan fingerprint density at radius 2 is 1.81 bits per heavy atom. The SMILES string of the molecule is CCCS(=O)(=O)N1CCC(C(=O)NCC(C)(C)CC)CC1. The van der Waals surface area contributed by atoms with Gasteiger partial charge in [0.15, 0.2) is 0 Å². The van der Waals surface area contributed by atoms with E-state index in [9.17, 15) is 13.2 Å². The van der Waals surface area contributed by atoms with Gasteiger partial charge in [-0.15, -0.1) is 0 Å². The fourth-order valence-electron chi connectivity index (χ4n) is 2.38. The minimum absolute atomic E-state index is 0.0502. The predicted molar refractivity (Wildman–Crippen MR) is 85.5 cm³/mol. The van der Waals surface area contributed by atoms with E-state index in [2.05, 4.69) is 26.1 Å². The first-order chi connectivity index (χ1) is 9.72. The van der Waals surface area contributed by atoms with Gasteiger partial charge in [-0.3, -0.25) is 4.79 Å². The first-order valence-corrected chi connectivity index (χ1v) is 9.58. The number of rotatable bonds is 7. The van der Waals surface area contributed by atoms with Crippen LogP contribution in [-0.4, -0.2) is 44.0 Å². The number of amides is 1. The molecule has 1 amide bonds. The quantitative estimate of drug-likeness (QED) is 0.780. The van der Waals surface area contributed by atoms with Crippen LogP contribution in [-0.2, 0) is 14.8 Å². The summed E-state index contributed by atoms with van der Waals surface area (Å²) in [5.41, 5.74) is 0.112. The summed E-state index contributed by atoms with van der Waals surface area (Å²) in [6, 6.07) is 0. The van der Waals surface area contributed by atoms with Crippen LogP contribution in [0.5, 0.6) is 0 Å². The van der Waals surface area contributed by atoms with Crippen molar-refractivity contribution in [2.45, 2.75) is 53.4 Å². The number of sulfonamides is 1. The second-order valence-corrected chi connectivity index (χ2v) is 8.81. The van der Waals surface area contributed by atoms with Crippen LogP contribution in [0.15, 0.2) is 0 Å². The van der Waals surface area contributed by atoms with Crippen LogP contribution in [0.4, 0.5) is 0 Å². The molecule has 0 radical (unpaired) electrons. The predicted octanol–water partition coefficient (Wildman–Crippen LogP) is 1.99. The number of piperidine rings is 1. The third-order valence-electron chi connectivity index (χ3n) is 4.38. The molecule has 1 fully saturated rings. The van der Waals surface area contributed by atoms with Crippen molar-refractivity contribution in [3.05, 3.63) is 0 Å². The van der Waals surface area contributed by atoms with Gasteiger partial charge in [-0.25, -0.2) is 12.7 Å². The lowest BCUT2D eigenvalue weighted by atomic mass is 9.89. The number of nitrogens with zero attached hydrogens (tertiary/aromatic N) is 1. The van der Waals surface area contributed by atoms with Gasteiger partial charge in [0.25, 0.3) is 0 Å². The third-order valence-corrected chi connectivity index (χ3v) is 6.45. The molecule has 1 saturated heterocycles. The monoisotopic (exact) mass is 318 g/mol. The minimum atomic E-state index is -3.12. The molecular formula is C15H30N2O3S. The summed E-state index contributed by atoms with van der Waals surface area (Å²) in [6.45, 7) is 9.86. The Kier molecular flexibility index (Phi) is 6.66. The lowest BCUT2D eigenvalue weighted by Gasteiger charge is -2.31. The van der Waals surface area contributed by atoms with E-state index >= 15 is 0 Å². The van der Waals surface area contributed by atoms with Crippen molar-refractivity contribution in [2.24, 2.45) is 11.3 Å². The fourth-order valence-corrected chi connectivity index (χ4v) is 3.92. The van der Waals surface area contributed by atoms with Crippen molar-refractivity contribution in [2.75, 3.05) is 25.4 Å². The highest BCUT2D eigenvalue weighted by Gasteiger charge is 2.31. The Hall–Kier alpha value is -0.620. The van der Waals surface area contributed by atoms with Gasteiger partial charge in [0.2, 0.25) is 15.9 Å². The van der Waals surface area contributed by atoms with Gasteiger partial charge in [-0.2, -0.15) is 0 Å². The molecule has 0 atom stereocenters. The number of hydrogen-bond acceptors (Lipinski definition) is 3. The molecule has 5 nitrogen and oxygen atoms in total. The van der Waals surface area contributed by atoms with Crippen molar-refractivity contribution < 1.29 is 13.2 Å². The van der Waals surface area contributed by atoms with Gasteiger partial charge < -0.3 is 5.32 Å². The molecule has 0 bridgehead atoms. The molecule has 0 aliphatic carbocycles. The van der Waals surface area contributed by atoms with Crippen molar-refractivity contribution in [1.82, 2.24) is 9.62 Å². The molecule has 21 heavy (non-hydrogen) atoms. The Balaban J connectivity index is 2.44. The standard InChI is InChI=1S/C15H30N2O3S/c1-5-11-21(19,20)17-9-7-13(8-10-17)14(18)16-12-15(3,4)6-2/h13H,5-12H2,1-4H3,(H,16,18). The number of hydrogen-bond donors (Lipinski definition) is 1. The fraction of sp³-hybridized carbons (Fsp3) is 0.933. The Labute approximate surface area is 129 Å². The van der Waals surface area contributed by atoms with Gasteiger partial charge in [-0.05, 0) is 31.1 Å². The van der Waals surface area contributed by atoms with E-state index in [-0.39, 0.29) is 23.0 Å². The molecule has 124 valence electrons. The zero-order chi connectivity index (χ0) is 16.1. The average Bonchev–Trinajstić information content (AvgIpc) is 2.45. The molecule has 0 aromatic carbocycles. The summed E-state index contributed by atoms with van der Waals surface area (Å²) in [4.78, 5) is 12.2. The summed E-state index contributed by atoms with van der Waals surface area (Å²) < 4.78 is 25.5. The van der Waals surface area contributed by atoms with E-state index in [4.69, 9.17) is 0 Å². The minimum Gasteiger partial charge on any atom is -0.355 e. The molecule has 1 aliphatic heterocycles. The first-order valence-electron chi connectivity index (χ1n) is 7.97. The van der Waals surface area contributed by atoms with E-state index in [0.717, 1.165) is 6.42 Å². The zero-order valence-electron chi connectivity index (χ0n) is 13.8. The summed E-state index contributed by atoms with van der Waals surface area (Å²) >= 11 is 0. The number of carbonyl (C=O) groups is 1. The molecule has 0 unspecified atom stereocenters. The Morgan fingerprint density at radius 1 is 1.24 bits per heavy atom. The van der Waals surface area contributed by atoms with Crippen molar-refractivity contribution >= 4 is 15.9 Å². The van der Waals surface area contributed by atoms with Crippen LogP contribution in [0.1, 0.15) is 53.4 Å². The van der Waals surface area contributed by atoms with Gasteiger partial charge in [-0.1, -0.05) is 27.7 Å². The van der Waals surface area contributed by atoms with Crippen LogP contribution >= 0.6 is 0 Å². The van der Waals surface area contributed by atoms with Gasteiger partial charge >= 0.3 is 0 Å². The van der Waals surface area contributed by atoms with Crippen LogP contribution in [0, 0.1) is 11.3 Å². The summed E-state index contributed by atoms with van der Waals surface area (Å²) in [6.07, 6.45) is 2.90. The Morgan fingerprint density at radius 3 is 2.29 bits per heavy atom. The van der Waals surface area contributed by atoms with Crippen LogP contribution in [0.3, 0.4) is 0 Å². The molecule has 0 aromatic rings. The summed E-state index contributed by atoms with van der Waals surface area (Å²) in [5.74, 6) is 0.226. The van der Waals surface area contributed by atoms with Gasteiger partial charge in [0.1, 0.15) is 0 Å². The molecular weight excluding hydrogens is 288 g/mol. The van der Waals surface area contributed by atoms with E-state index in [1.165, 1.54) is 4.31 Å². The van der Waals surface area contributed by atoms with Gasteiger partial charge in [0.05, 0.1) is 5.75 Å². The normalized spacial score (nSPS) is 18.7. The lowest BCUT2D eigenvalue weighted by molar-refractivity contribution is -0.126. The maximum Gasteiger partial charge on any atom is 0.223 e. The topological polar surface area (TPSA) is 66.5 Å². The van der Waals surface area contributed by atoms with Crippen LogP contribution in [0.25, 0.3) is 0 Å². The second-order valence-electron chi connectivity index (χ2n) is 6.72.